The number of hydrogen-bond acceptors (Lipinski definition) is 2. The van der Waals surface area contributed by atoms with Gasteiger partial charge in [0.15, 0.2) is 0 Å². The molecule has 1 saturated carbocycles. The minimum Gasteiger partial charge on any atom is -0.481 e. The van der Waals surface area contributed by atoms with Crippen molar-refractivity contribution in [2.75, 3.05) is 13.1 Å². The van der Waals surface area contributed by atoms with Crippen molar-refractivity contribution in [2.45, 2.75) is 31.6 Å². The van der Waals surface area contributed by atoms with E-state index in [4.69, 9.17) is 5.11 Å². The molecule has 106 valence electrons. The van der Waals surface area contributed by atoms with Crippen LogP contribution in [0.1, 0.15) is 47.5 Å². The molecule has 0 spiro atoms. The molecule has 1 saturated heterocycles. The molecular weight excluding hydrogens is 254 g/mol. The largest absolute Gasteiger partial charge is 0.481 e. The zero-order valence-electron chi connectivity index (χ0n) is 11.4. The second-order valence-corrected chi connectivity index (χ2v) is 5.82. The highest BCUT2D eigenvalue weighted by atomic mass is 16.4. The van der Waals surface area contributed by atoms with Gasteiger partial charge in [0.1, 0.15) is 0 Å². The summed E-state index contributed by atoms with van der Waals surface area (Å²) >= 11 is 0. The van der Waals surface area contributed by atoms with E-state index in [9.17, 15) is 9.59 Å². The van der Waals surface area contributed by atoms with Crippen LogP contribution in [-0.4, -0.2) is 35.0 Å². The molecule has 1 atom stereocenters. The standard InChI is InChI=1S/C16H19NO3/c18-15(17-9-8-14(10-17)16(19)20)13-6-4-12(5-7-13)11-2-1-3-11/h4-7,11,14H,1-3,8-10H2,(H,19,20). The smallest absolute Gasteiger partial charge is 0.308 e. The Balaban J connectivity index is 1.66. The predicted octanol–water partition coefficient (Wildman–Crippen LogP) is 2.50. The predicted molar refractivity (Wildman–Crippen MR) is 74.7 cm³/mol. The number of carboxylic acids is 1. The van der Waals surface area contributed by atoms with Crippen LogP contribution in [0.3, 0.4) is 0 Å². The maximum Gasteiger partial charge on any atom is 0.308 e. The number of carboxylic acid groups (broad SMARTS) is 1. The number of carbonyl (C=O) groups is 2. The number of benzene rings is 1. The van der Waals surface area contributed by atoms with Gasteiger partial charge in [-0.3, -0.25) is 9.59 Å². The van der Waals surface area contributed by atoms with E-state index in [2.05, 4.69) is 0 Å². The van der Waals surface area contributed by atoms with Gasteiger partial charge in [0.25, 0.3) is 5.91 Å². The highest BCUT2D eigenvalue weighted by Crippen LogP contribution is 2.36. The molecule has 2 fully saturated rings. The lowest BCUT2D eigenvalue weighted by Gasteiger charge is -2.26. The summed E-state index contributed by atoms with van der Waals surface area (Å²) < 4.78 is 0. The highest BCUT2D eigenvalue weighted by molar-refractivity contribution is 5.94. The maximum atomic E-state index is 12.3. The van der Waals surface area contributed by atoms with Crippen LogP contribution in [0.25, 0.3) is 0 Å². The fourth-order valence-electron chi connectivity index (χ4n) is 2.97. The maximum absolute atomic E-state index is 12.3. The summed E-state index contributed by atoms with van der Waals surface area (Å²) in [6.45, 7) is 0.874. The number of rotatable bonds is 3. The molecule has 2 aliphatic rings. The molecule has 0 bridgehead atoms. The monoisotopic (exact) mass is 273 g/mol. The van der Waals surface area contributed by atoms with Gasteiger partial charge >= 0.3 is 5.97 Å². The van der Waals surface area contributed by atoms with Gasteiger partial charge in [0.05, 0.1) is 5.92 Å². The van der Waals surface area contributed by atoms with E-state index in [1.54, 1.807) is 4.90 Å². The van der Waals surface area contributed by atoms with E-state index in [1.165, 1.54) is 24.8 Å². The minimum atomic E-state index is -0.805. The summed E-state index contributed by atoms with van der Waals surface area (Å²) in [4.78, 5) is 24.9. The van der Waals surface area contributed by atoms with Crippen LogP contribution in [0.15, 0.2) is 24.3 Å². The Kier molecular flexibility index (Phi) is 3.47. The summed E-state index contributed by atoms with van der Waals surface area (Å²) in [7, 11) is 0. The first kappa shape index (κ1) is 13.2. The second kappa shape index (κ2) is 5.27. The van der Waals surface area contributed by atoms with Crippen LogP contribution in [0, 0.1) is 5.92 Å². The van der Waals surface area contributed by atoms with Crippen molar-refractivity contribution in [1.29, 1.82) is 0 Å². The first-order valence-corrected chi connectivity index (χ1v) is 7.27. The third-order valence-corrected chi connectivity index (χ3v) is 4.56. The number of carbonyl (C=O) groups excluding carboxylic acids is 1. The third-order valence-electron chi connectivity index (χ3n) is 4.56. The van der Waals surface area contributed by atoms with Gasteiger partial charge in [-0.2, -0.15) is 0 Å². The molecular formula is C16H19NO3. The second-order valence-electron chi connectivity index (χ2n) is 5.82. The van der Waals surface area contributed by atoms with Crippen LogP contribution >= 0.6 is 0 Å². The lowest BCUT2D eigenvalue weighted by Crippen LogP contribution is -2.29. The van der Waals surface area contributed by atoms with E-state index < -0.39 is 11.9 Å². The van der Waals surface area contributed by atoms with Crippen LogP contribution in [-0.2, 0) is 4.79 Å². The van der Waals surface area contributed by atoms with Crippen molar-refractivity contribution in [2.24, 2.45) is 5.92 Å². The summed E-state index contributed by atoms with van der Waals surface area (Å²) in [5, 5.41) is 8.98. The first-order valence-electron chi connectivity index (χ1n) is 7.27. The molecule has 0 radical (unpaired) electrons. The third kappa shape index (κ3) is 2.42. The van der Waals surface area contributed by atoms with Gasteiger partial charge in [0.2, 0.25) is 0 Å². The van der Waals surface area contributed by atoms with E-state index in [1.807, 2.05) is 24.3 Å². The highest BCUT2D eigenvalue weighted by Gasteiger charge is 2.31. The van der Waals surface area contributed by atoms with Gasteiger partial charge in [0, 0.05) is 18.7 Å². The summed E-state index contributed by atoms with van der Waals surface area (Å²) in [5.74, 6) is -0.593. The molecule has 3 rings (SSSR count). The van der Waals surface area contributed by atoms with Crippen LogP contribution in [0.5, 0.6) is 0 Å². The van der Waals surface area contributed by atoms with Crippen molar-refractivity contribution in [3.05, 3.63) is 35.4 Å². The van der Waals surface area contributed by atoms with Crippen molar-refractivity contribution >= 4 is 11.9 Å². The first-order chi connectivity index (χ1) is 9.65. The van der Waals surface area contributed by atoms with Crippen molar-refractivity contribution in [3.8, 4) is 0 Å². The molecule has 1 aliphatic heterocycles. The zero-order chi connectivity index (χ0) is 14.1. The topological polar surface area (TPSA) is 57.6 Å². The van der Waals surface area contributed by atoms with Gasteiger partial charge in [-0.25, -0.2) is 0 Å². The van der Waals surface area contributed by atoms with Gasteiger partial charge in [-0.05, 0) is 42.9 Å². The molecule has 4 nitrogen and oxygen atoms in total. The Bertz CT molecular complexity index is 519. The van der Waals surface area contributed by atoms with Crippen LogP contribution in [0.4, 0.5) is 0 Å². The molecule has 1 aliphatic carbocycles. The number of hydrogen-bond donors (Lipinski definition) is 1. The normalized spacial score (nSPS) is 22.6. The van der Waals surface area contributed by atoms with Gasteiger partial charge < -0.3 is 10.0 Å². The lowest BCUT2D eigenvalue weighted by atomic mass is 9.80. The Morgan fingerprint density at radius 1 is 1.10 bits per heavy atom. The number of aliphatic carboxylic acids is 1. The Labute approximate surface area is 118 Å². The van der Waals surface area contributed by atoms with Gasteiger partial charge in [-0.1, -0.05) is 18.6 Å². The van der Waals surface area contributed by atoms with E-state index in [-0.39, 0.29) is 5.91 Å². The average molecular weight is 273 g/mol. The fraction of sp³-hybridized carbons (Fsp3) is 0.500. The summed E-state index contributed by atoms with van der Waals surface area (Å²) in [5.41, 5.74) is 1.98. The van der Waals surface area contributed by atoms with E-state index in [0.717, 1.165) is 0 Å². The average Bonchev–Trinajstić information content (AvgIpc) is 2.86. The molecule has 0 aromatic heterocycles. The Morgan fingerprint density at radius 3 is 2.30 bits per heavy atom. The quantitative estimate of drug-likeness (QED) is 0.920. The molecule has 20 heavy (non-hydrogen) atoms. The summed E-state index contributed by atoms with van der Waals surface area (Å²) in [6, 6.07) is 7.85. The minimum absolute atomic E-state index is 0.0473. The number of nitrogens with zero attached hydrogens (tertiary/aromatic N) is 1. The van der Waals surface area contributed by atoms with Crippen molar-refractivity contribution < 1.29 is 14.7 Å². The van der Waals surface area contributed by atoms with Crippen LogP contribution < -0.4 is 0 Å². The molecule has 1 heterocycles. The molecule has 4 heteroatoms. The number of likely N-dealkylation sites (tertiary alicyclic amines) is 1. The van der Waals surface area contributed by atoms with Crippen LogP contribution in [0.2, 0.25) is 0 Å². The van der Waals surface area contributed by atoms with E-state index >= 15 is 0 Å². The lowest BCUT2D eigenvalue weighted by molar-refractivity contribution is -0.141. The number of amides is 1. The van der Waals surface area contributed by atoms with Crippen molar-refractivity contribution in [1.82, 2.24) is 4.90 Å². The Hall–Kier alpha value is -1.84. The SMILES string of the molecule is O=C(O)C1CCN(C(=O)c2ccc(C3CCC3)cc2)C1. The van der Waals surface area contributed by atoms with Crippen molar-refractivity contribution in [3.63, 3.8) is 0 Å². The molecule has 1 N–H and O–H groups in total. The molecule has 1 aromatic rings. The van der Waals surface area contributed by atoms with E-state index in [0.29, 0.717) is 31.0 Å². The fourth-order valence-corrected chi connectivity index (χ4v) is 2.97. The Morgan fingerprint density at radius 2 is 1.80 bits per heavy atom. The molecule has 1 amide bonds. The zero-order valence-corrected chi connectivity index (χ0v) is 11.4. The molecule has 1 aromatic carbocycles. The molecule has 1 unspecified atom stereocenters. The van der Waals surface area contributed by atoms with Gasteiger partial charge in [-0.15, -0.1) is 0 Å². The summed E-state index contributed by atoms with van der Waals surface area (Å²) in [6.07, 6.45) is 4.36.